The van der Waals surface area contributed by atoms with E-state index in [1.54, 1.807) is 13.4 Å². The van der Waals surface area contributed by atoms with Gasteiger partial charge >= 0.3 is 0 Å². The SMILES string of the molecule is COc1cc(C)c([C@@H](C)N[S+](C)[O-])cc1C. The highest BCUT2D eigenvalue weighted by atomic mass is 32.2. The van der Waals surface area contributed by atoms with Gasteiger partial charge < -0.3 is 9.29 Å². The van der Waals surface area contributed by atoms with Crippen LogP contribution in [0, 0.1) is 13.8 Å². The summed E-state index contributed by atoms with van der Waals surface area (Å²) >= 11 is -0.999. The van der Waals surface area contributed by atoms with Gasteiger partial charge in [0.25, 0.3) is 0 Å². The van der Waals surface area contributed by atoms with Crippen molar-refractivity contribution in [2.45, 2.75) is 26.8 Å². The van der Waals surface area contributed by atoms with Crippen molar-refractivity contribution in [1.29, 1.82) is 0 Å². The van der Waals surface area contributed by atoms with Crippen molar-refractivity contribution < 1.29 is 9.29 Å². The standard InChI is InChI=1S/C12H19NO2S/c1-8-7-12(15-4)9(2)6-11(8)10(3)13-16(5)14/h6-7,10,13H,1-5H3/t10-,16?/m1/s1. The molecule has 0 radical (unpaired) electrons. The van der Waals surface area contributed by atoms with E-state index in [9.17, 15) is 4.55 Å². The molecular formula is C12H19NO2S. The van der Waals surface area contributed by atoms with Crippen LogP contribution < -0.4 is 9.46 Å². The van der Waals surface area contributed by atoms with E-state index in [4.69, 9.17) is 4.74 Å². The van der Waals surface area contributed by atoms with E-state index in [1.165, 1.54) is 0 Å². The maximum absolute atomic E-state index is 11.1. The fourth-order valence-electron chi connectivity index (χ4n) is 1.81. The van der Waals surface area contributed by atoms with Crippen molar-refractivity contribution in [3.05, 3.63) is 28.8 Å². The highest BCUT2D eigenvalue weighted by molar-refractivity contribution is 7.88. The molecule has 1 aromatic rings. The minimum Gasteiger partial charge on any atom is -0.598 e. The number of benzene rings is 1. The maximum atomic E-state index is 11.1. The van der Waals surface area contributed by atoms with Crippen molar-refractivity contribution in [2.75, 3.05) is 13.4 Å². The summed E-state index contributed by atoms with van der Waals surface area (Å²) in [6.45, 7) is 6.06. The Morgan fingerprint density at radius 1 is 1.31 bits per heavy atom. The molecule has 0 saturated heterocycles. The molecule has 1 N–H and O–H groups in total. The van der Waals surface area contributed by atoms with Crippen LogP contribution in [0.15, 0.2) is 12.1 Å². The molecule has 16 heavy (non-hydrogen) atoms. The van der Waals surface area contributed by atoms with Gasteiger partial charge in [-0.25, -0.2) is 0 Å². The lowest BCUT2D eigenvalue weighted by atomic mass is 10.00. The Balaban J connectivity index is 3.01. The molecule has 0 amide bonds. The van der Waals surface area contributed by atoms with Crippen LogP contribution in [0.25, 0.3) is 0 Å². The molecule has 0 aliphatic carbocycles. The Bertz CT molecular complexity index is 366. The van der Waals surface area contributed by atoms with Gasteiger partial charge in [-0.1, -0.05) is 6.07 Å². The van der Waals surface area contributed by atoms with Crippen LogP contribution in [0.5, 0.6) is 5.75 Å². The van der Waals surface area contributed by atoms with Gasteiger partial charge in [0.1, 0.15) is 12.0 Å². The second kappa shape index (κ2) is 5.57. The number of hydrogen-bond donors (Lipinski definition) is 1. The molecule has 4 heteroatoms. The Hall–Kier alpha value is -0.710. The first kappa shape index (κ1) is 13.4. The molecule has 90 valence electrons. The Kier molecular flexibility index (Phi) is 4.65. The molecule has 1 aromatic carbocycles. The number of aryl methyl sites for hydroxylation is 2. The van der Waals surface area contributed by atoms with Crippen LogP contribution in [0.2, 0.25) is 0 Å². The zero-order valence-electron chi connectivity index (χ0n) is 10.5. The first-order valence-corrected chi connectivity index (χ1v) is 6.76. The molecule has 2 atom stereocenters. The molecule has 1 unspecified atom stereocenters. The highest BCUT2D eigenvalue weighted by Gasteiger charge is 2.14. The van der Waals surface area contributed by atoms with Crippen LogP contribution in [0.4, 0.5) is 0 Å². The molecule has 1 rings (SSSR count). The molecule has 3 nitrogen and oxygen atoms in total. The predicted molar refractivity (Wildman–Crippen MR) is 68.1 cm³/mol. The van der Waals surface area contributed by atoms with Crippen molar-refractivity contribution in [3.8, 4) is 5.75 Å². The molecule has 0 bridgehead atoms. The summed E-state index contributed by atoms with van der Waals surface area (Å²) in [6.07, 6.45) is 1.64. The van der Waals surface area contributed by atoms with Gasteiger partial charge in [0.15, 0.2) is 0 Å². The fraction of sp³-hybridized carbons (Fsp3) is 0.500. The number of hydrogen-bond acceptors (Lipinski definition) is 3. The number of ether oxygens (including phenoxy) is 1. The third kappa shape index (κ3) is 3.14. The summed E-state index contributed by atoms with van der Waals surface area (Å²) in [5.41, 5.74) is 3.40. The molecule has 0 aliphatic heterocycles. The largest absolute Gasteiger partial charge is 0.598 e. The van der Waals surface area contributed by atoms with Crippen LogP contribution in [-0.2, 0) is 11.4 Å². The van der Waals surface area contributed by atoms with Crippen LogP contribution in [-0.4, -0.2) is 17.9 Å². The summed E-state index contributed by atoms with van der Waals surface area (Å²) in [4.78, 5) is 0. The fourth-order valence-corrected chi connectivity index (χ4v) is 2.44. The normalized spacial score (nSPS) is 14.6. The lowest BCUT2D eigenvalue weighted by Crippen LogP contribution is -2.26. The van der Waals surface area contributed by atoms with Gasteiger partial charge in [0.05, 0.1) is 13.2 Å². The predicted octanol–water partition coefficient (Wildman–Crippen LogP) is 2.26. The van der Waals surface area contributed by atoms with E-state index < -0.39 is 11.4 Å². The van der Waals surface area contributed by atoms with Gasteiger partial charge in [-0.05, 0) is 43.5 Å². The minimum atomic E-state index is -0.999. The number of rotatable bonds is 4. The van der Waals surface area contributed by atoms with E-state index in [0.29, 0.717) is 0 Å². The van der Waals surface area contributed by atoms with E-state index in [1.807, 2.05) is 26.8 Å². The van der Waals surface area contributed by atoms with Gasteiger partial charge in [-0.3, -0.25) is 0 Å². The van der Waals surface area contributed by atoms with Crippen molar-refractivity contribution >= 4 is 11.4 Å². The van der Waals surface area contributed by atoms with Gasteiger partial charge in [-0.2, -0.15) is 0 Å². The van der Waals surface area contributed by atoms with Crippen molar-refractivity contribution in [2.24, 2.45) is 0 Å². The van der Waals surface area contributed by atoms with E-state index in [0.717, 1.165) is 22.4 Å². The van der Waals surface area contributed by atoms with Crippen molar-refractivity contribution in [1.82, 2.24) is 4.72 Å². The zero-order chi connectivity index (χ0) is 12.3. The summed E-state index contributed by atoms with van der Waals surface area (Å²) < 4.78 is 19.4. The lowest BCUT2D eigenvalue weighted by Gasteiger charge is -2.18. The van der Waals surface area contributed by atoms with Crippen molar-refractivity contribution in [3.63, 3.8) is 0 Å². The Morgan fingerprint density at radius 3 is 2.44 bits per heavy atom. The molecular weight excluding hydrogens is 222 g/mol. The second-order valence-corrected chi connectivity index (χ2v) is 5.12. The monoisotopic (exact) mass is 241 g/mol. The molecule has 0 heterocycles. The van der Waals surface area contributed by atoms with Gasteiger partial charge in [-0.15, -0.1) is 4.72 Å². The number of methoxy groups -OCH3 is 1. The average Bonchev–Trinajstić information content (AvgIpc) is 2.19. The van der Waals surface area contributed by atoms with Gasteiger partial charge in [0.2, 0.25) is 0 Å². The van der Waals surface area contributed by atoms with Crippen LogP contribution in [0.3, 0.4) is 0 Å². The molecule has 0 spiro atoms. The number of nitrogens with one attached hydrogen (secondary N) is 1. The third-order valence-corrected chi connectivity index (χ3v) is 3.28. The molecule has 0 fully saturated rings. The van der Waals surface area contributed by atoms with E-state index in [-0.39, 0.29) is 6.04 Å². The first-order valence-electron chi connectivity index (χ1n) is 5.20. The second-order valence-electron chi connectivity index (χ2n) is 3.97. The smallest absolute Gasteiger partial charge is 0.122 e. The topological polar surface area (TPSA) is 44.3 Å². The Labute approximate surface area is 101 Å². The first-order chi connectivity index (χ1) is 7.45. The van der Waals surface area contributed by atoms with E-state index >= 15 is 0 Å². The quantitative estimate of drug-likeness (QED) is 0.822. The molecule has 0 aromatic heterocycles. The summed E-state index contributed by atoms with van der Waals surface area (Å²) in [7, 11) is 1.67. The van der Waals surface area contributed by atoms with Gasteiger partial charge in [0, 0.05) is 11.4 Å². The molecule has 0 aliphatic rings. The third-order valence-electron chi connectivity index (χ3n) is 2.59. The van der Waals surface area contributed by atoms with Crippen LogP contribution in [0.1, 0.15) is 29.7 Å². The molecule has 0 saturated carbocycles. The van der Waals surface area contributed by atoms with E-state index in [2.05, 4.69) is 10.8 Å². The van der Waals surface area contributed by atoms with Crippen LogP contribution >= 0.6 is 0 Å². The average molecular weight is 241 g/mol. The zero-order valence-corrected chi connectivity index (χ0v) is 11.3. The summed E-state index contributed by atoms with van der Waals surface area (Å²) in [5.74, 6) is 0.895. The Morgan fingerprint density at radius 2 is 1.94 bits per heavy atom. The lowest BCUT2D eigenvalue weighted by molar-refractivity contribution is 0.411. The summed E-state index contributed by atoms with van der Waals surface area (Å²) in [6, 6.07) is 4.18. The highest BCUT2D eigenvalue weighted by Crippen LogP contribution is 2.26. The summed E-state index contributed by atoms with van der Waals surface area (Å²) in [5, 5.41) is 0. The minimum absolute atomic E-state index is 0.0791. The maximum Gasteiger partial charge on any atom is 0.122 e.